The summed E-state index contributed by atoms with van der Waals surface area (Å²) in [5, 5.41) is 14.0. The number of aromatic nitrogens is 2. The van der Waals surface area contributed by atoms with Crippen LogP contribution in [0.2, 0.25) is 0 Å². The zero-order chi connectivity index (χ0) is 10.8. The Kier molecular flexibility index (Phi) is 2.46. The number of nitrogens with zero attached hydrogens (tertiary/aromatic N) is 2. The summed E-state index contributed by atoms with van der Waals surface area (Å²) in [6, 6.07) is 9.37. The van der Waals surface area contributed by atoms with Crippen molar-refractivity contribution in [1.29, 1.82) is 0 Å². The molecule has 0 atom stereocenters. The smallest absolute Gasteiger partial charge is 0.120 e. The van der Waals surface area contributed by atoms with Gasteiger partial charge in [0, 0.05) is 11.3 Å². The summed E-state index contributed by atoms with van der Waals surface area (Å²) in [5.41, 5.74) is 3.00. The van der Waals surface area contributed by atoms with Gasteiger partial charge in [0.1, 0.15) is 5.75 Å². The summed E-state index contributed by atoms with van der Waals surface area (Å²) in [6.45, 7) is 4.60. The van der Waals surface area contributed by atoms with Crippen molar-refractivity contribution in [1.82, 2.24) is 9.78 Å². The van der Waals surface area contributed by atoms with Crippen LogP contribution in [0.1, 0.15) is 17.0 Å². The molecular formula is C12H14N2O. The Morgan fingerprint density at radius 3 is 2.60 bits per heavy atom. The first-order chi connectivity index (χ1) is 7.16. The molecule has 0 amide bonds. The van der Waals surface area contributed by atoms with Gasteiger partial charge in [0.25, 0.3) is 0 Å². The lowest BCUT2D eigenvalue weighted by molar-refractivity contribution is 0.463. The number of phenolic OH excluding ortho intramolecular Hbond substituents is 1. The maximum absolute atomic E-state index is 9.63. The fourth-order valence-electron chi connectivity index (χ4n) is 1.64. The van der Waals surface area contributed by atoms with E-state index in [1.54, 1.807) is 6.07 Å². The Bertz CT molecular complexity index is 474. The van der Waals surface area contributed by atoms with Crippen molar-refractivity contribution in [2.45, 2.75) is 20.4 Å². The van der Waals surface area contributed by atoms with Crippen LogP contribution in [0.25, 0.3) is 0 Å². The van der Waals surface area contributed by atoms with Crippen LogP contribution in [-0.4, -0.2) is 14.9 Å². The first kappa shape index (κ1) is 9.77. The molecule has 0 radical (unpaired) electrons. The standard InChI is InChI=1S/C12H14N2O/c1-9-7-10(2)14(13-9)8-11-5-3-4-6-12(11)15/h3-7,15H,8H2,1-2H3. The van der Waals surface area contributed by atoms with Gasteiger partial charge in [-0.1, -0.05) is 18.2 Å². The van der Waals surface area contributed by atoms with E-state index in [1.165, 1.54) is 0 Å². The van der Waals surface area contributed by atoms with E-state index in [-0.39, 0.29) is 0 Å². The number of phenols is 1. The Morgan fingerprint density at radius 1 is 1.27 bits per heavy atom. The quantitative estimate of drug-likeness (QED) is 0.811. The van der Waals surface area contributed by atoms with E-state index < -0.39 is 0 Å². The minimum atomic E-state index is 0.324. The van der Waals surface area contributed by atoms with Gasteiger partial charge >= 0.3 is 0 Å². The van der Waals surface area contributed by atoms with E-state index in [0.717, 1.165) is 17.0 Å². The Labute approximate surface area is 89.0 Å². The predicted molar refractivity (Wildman–Crippen MR) is 58.9 cm³/mol. The van der Waals surface area contributed by atoms with Crippen LogP contribution in [0.5, 0.6) is 5.75 Å². The zero-order valence-corrected chi connectivity index (χ0v) is 8.94. The van der Waals surface area contributed by atoms with E-state index >= 15 is 0 Å². The average molecular weight is 202 g/mol. The average Bonchev–Trinajstić information content (AvgIpc) is 2.49. The fourth-order valence-corrected chi connectivity index (χ4v) is 1.64. The van der Waals surface area contributed by atoms with Gasteiger partial charge in [-0.2, -0.15) is 5.10 Å². The van der Waals surface area contributed by atoms with Gasteiger partial charge in [0.2, 0.25) is 0 Å². The summed E-state index contributed by atoms with van der Waals surface area (Å²) in [6.07, 6.45) is 0. The number of benzene rings is 1. The zero-order valence-electron chi connectivity index (χ0n) is 8.94. The van der Waals surface area contributed by atoms with Crippen LogP contribution in [-0.2, 0) is 6.54 Å². The normalized spacial score (nSPS) is 10.5. The SMILES string of the molecule is Cc1cc(C)n(Cc2ccccc2O)n1. The molecule has 1 aromatic carbocycles. The Balaban J connectivity index is 2.29. The molecule has 3 heteroatoms. The number of hydrogen-bond donors (Lipinski definition) is 1. The maximum atomic E-state index is 9.63. The summed E-state index contributed by atoms with van der Waals surface area (Å²) >= 11 is 0. The lowest BCUT2D eigenvalue weighted by Gasteiger charge is -2.06. The van der Waals surface area contributed by atoms with E-state index in [1.807, 2.05) is 42.8 Å². The second kappa shape index (κ2) is 3.77. The summed E-state index contributed by atoms with van der Waals surface area (Å²) in [5.74, 6) is 0.324. The molecule has 0 spiro atoms. The second-order valence-electron chi connectivity index (χ2n) is 3.71. The third-order valence-corrected chi connectivity index (χ3v) is 2.42. The van der Waals surface area contributed by atoms with Crippen molar-refractivity contribution in [2.75, 3.05) is 0 Å². The van der Waals surface area contributed by atoms with Gasteiger partial charge in [-0.15, -0.1) is 0 Å². The largest absolute Gasteiger partial charge is 0.508 e. The van der Waals surface area contributed by atoms with Gasteiger partial charge in [-0.25, -0.2) is 0 Å². The van der Waals surface area contributed by atoms with Crippen LogP contribution in [0.4, 0.5) is 0 Å². The van der Waals surface area contributed by atoms with Gasteiger partial charge in [0.15, 0.2) is 0 Å². The number of hydrogen-bond acceptors (Lipinski definition) is 2. The highest BCUT2D eigenvalue weighted by Gasteiger charge is 2.04. The number of aryl methyl sites for hydroxylation is 2. The van der Waals surface area contributed by atoms with Crippen LogP contribution < -0.4 is 0 Å². The molecule has 0 unspecified atom stereocenters. The monoisotopic (exact) mass is 202 g/mol. The molecule has 0 bridgehead atoms. The highest BCUT2D eigenvalue weighted by atomic mass is 16.3. The molecule has 3 nitrogen and oxygen atoms in total. The number of rotatable bonds is 2. The Morgan fingerprint density at radius 2 is 2.00 bits per heavy atom. The van der Waals surface area contributed by atoms with Gasteiger partial charge in [-0.3, -0.25) is 4.68 Å². The topological polar surface area (TPSA) is 38.0 Å². The van der Waals surface area contributed by atoms with E-state index in [9.17, 15) is 5.11 Å². The van der Waals surface area contributed by atoms with Gasteiger partial charge < -0.3 is 5.11 Å². The molecule has 0 aliphatic carbocycles. The molecule has 1 aromatic heterocycles. The van der Waals surface area contributed by atoms with E-state index in [4.69, 9.17) is 0 Å². The van der Waals surface area contributed by atoms with Gasteiger partial charge in [-0.05, 0) is 26.0 Å². The molecule has 0 saturated heterocycles. The molecule has 78 valence electrons. The van der Waals surface area contributed by atoms with Crippen LogP contribution in [0.3, 0.4) is 0 Å². The summed E-state index contributed by atoms with van der Waals surface area (Å²) in [4.78, 5) is 0. The maximum Gasteiger partial charge on any atom is 0.120 e. The third-order valence-electron chi connectivity index (χ3n) is 2.42. The molecule has 2 aromatic rings. The molecule has 0 aliphatic rings. The van der Waals surface area contributed by atoms with Crippen molar-refractivity contribution in [3.8, 4) is 5.75 Å². The first-order valence-electron chi connectivity index (χ1n) is 4.95. The predicted octanol–water partition coefficient (Wildman–Crippen LogP) is 2.25. The minimum Gasteiger partial charge on any atom is -0.508 e. The summed E-state index contributed by atoms with van der Waals surface area (Å²) < 4.78 is 1.89. The second-order valence-corrected chi connectivity index (χ2v) is 3.71. The van der Waals surface area contributed by atoms with Crippen molar-refractivity contribution in [2.24, 2.45) is 0 Å². The lowest BCUT2D eigenvalue weighted by atomic mass is 10.2. The molecular weight excluding hydrogens is 188 g/mol. The number of para-hydroxylation sites is 1. The van der Waals surface area contributed by atoms with E-state index in [2.05, 4.69) is 5.10 Å². The Hall–Kier alpha value is -1.77. The molecule has 0 aliphatic heterocycles. The van der Waals surface area contributed by atoms with Crippen molar-refractivity contribution < 1.29 is 5.11 Å². The molecule has 1 heterocycles. The van der Waals surface area contributed by atoms with Crippen LogP contribution in [0, 0.1) is 13.8 Å². The minimum absolute atomic E-state index is 0.324. The van der Waals surface area contributed by atoms with Crippen LogP contribution in [0.15, 0.2) is 30.3 Å². The van der Waals surface area contributed by atoms with E-state index in [0.29, 0.717) is 12.3 Å². The molecule has 15 heavy (non-hydrogen) atoms. The van der Waals surface area contributed by atoms with Crippen LogP contribution >= 0.6 is 0 Å². The lowest BCUT2D eigenvalue weighted by Crippen LogP contribution is -2.03. The van der Waals surface area contributed by atoms with Crippen molar-refractivity contribution in [3.63, 3.8) is 0 Å². The molecule has 2 rings (SSSR count). The summed E-state index contributed by atoms with van der Waals surface area (Å²) in [7, 11) is 0. The first-order valence-corrected chi connectivity index (χ1v) is 4.95. The highest BCUT2D eigenvalue weighted by molar-refractivity contribution is 5.32. The molecule has 0 saturated carbocycles. The fraction of sp³-hybridized carbons (Fsp3) is 0.250. The molecule has 0 fully saturated rings. The van der Waals surface area contributed by atoms with Crippen molar-refractivity contribution in [3.05, 3.63) is 47.3 Å². The number of aromatic hydroxyl groups is 1. The third kappa shape index (κ3) is 2.01. The van der Waals surface area contributed by atoms with Crippen molar-refractivity contribution >= 4 is 0 Å². The highest BCUT2D eigenvalue weighted by Crippen LogP contribution is 2.17. The van der Waals surface area contributed by atoms with Gasteiger partial charge in [0.05, 0.1) is 12.2 Å². The molecule has 1 N–H and O–H groups in total.